The van der Waals surface area contributed by atoms with Crippen molar-refractivity contribution in [3.63, 3.8) is 0 Å². The normalized spacial score (nSPS) is 25.9. The van der Waals surface area contributed by atoms with Crippen LogP contribution in [0.5, 0.6) is 0 Å². The van der Waals surface area contributed by atoms with E-state index >= 15 is 0 Å². The van der Waals surface area contributed by atoms with Gasteiger partial charge in [0.25, 0.3) is 0 Å². The second kappa shape index (κ2) is 4.49. The molecule has 1 aliphatic rings. The molecule has 0 saturated carbocycles. The minimum atomic E-state index is -0.326. The highest BCUT2D eigenvalue weighted by molar-refractivity contribution is 7.80. The van der Waals surface area contributed by atoms with Gasteiger partial charge in [-0.05, 0) is 5.56 Å². The summed E-state index contributed by atoms with van der Waals surface area (Å²) in [5.74, 6) is 0. The first kappa shape index (κ1) is 10.2. The van der Waals surface area contributed by atoms with Crippen molar-refractivity contribution in [2.75, 3.05) is 0 Å². The first-order chi connectivity index (χ1) is 7.33. The molecule has 3 nitrogen and oxygen atoms in total. The van der Waals surface area contributed by atoms with E-state index in [1.165, 1.54) is 0 Å². The van der Waals surface area contributed by atoms with Crippen molar-refractivity contribution in [3.05, 3.63) is 35.9 Å². The van der Waals surface area contributed by atoms with Crippen LogP contribution in [0.2, 0.25) is 0 Å². The van der Waals surface area contributed by atoms with Gasteiger partial charge in [-0.3, -0.25) is 4.99 Å². The fourth-order valence-corrected chi connectivity index (χ4v) is 2.10. The molecule has 1 aromatic rings. The predicted molar refractivity (Wildman–Crippen MR) is 63.4 cm³/mol. The zero-order valence-electron chi connectivity index (χ0n) is 8.08. The molecule has 1 heterocycles. The maximum absolute atomic E-state index is 10.8. The predicted octanol–water partition coefficient (Wildman–Crippen LogP) is 1.23. The highest BCUT2D eigenvalue weighted by Crippen LogP contribution is 2.27. The van der Waals surface area contributed by atoms with Crippen molar-refractivity contribution in [3.8, 4) is 0 Å². The molecule has 1 N–H and O–H groups in total. The third-order valence-electron chi connectivity index (χ3n) is 2.50. The average Bonchev–Trinajstić information content (AvgIpc) is 2.77. The standard InChI is InChI=1S/C11H12N2OS/c14-6-9-10(13-7-12-9)11(15)8-4-2-1-3-5-8/h1-7,9-11,15H,(H,12,13). The number of aldehydes is 1. The number of rotatable bonds is 3. The Kier molecular flexibility index (Phi) is 3.06. The number of nitrogens with zero attached hydrogens (tertiary/aromatic N) is 1. The molecular formula is C11H12N2OS. The SMILES string of the molecule is O=CC1N=CNC1C(S)c1ccccc1. The molecule has 1 aromatic carbocycles. The molecule has 0 aliphatic carbocycles. The molecule has 0 spiro atoms. The van der Waals surface area contributed by atoms with Crippen LogP contribution >= 0.6 is 12.6 Å². The van der Waals surface area contributed by atoms with Gasteiger partial charge in [-0.15, -0.1) is 0 Å². The van der Waals surface area contributed by atoms with Gasteiger partial charge in [-0.2, -0.15) is 12.6 Å². The molecule has 2 rings (SSSR count). The number of hydrogen-bond donors (Lipinski definition) is 2. The number of nitrogens with one attached hydrogen (secondary N) is 1. The van der Waals surface area contributed by atoms with E-state index in [9.17, 15) is 4.79 Å². The maximum atomic E-state index is 10.8. The zero-order chi connectivity index (χ0) is 10.7. The molecule has 0 amide bonds. The van der Waals surface area contributed by atoms with E-state index in [4.69, 9.17) is 0 Å². The van der Waals surface area contributed by atoms with Crippen LogP contribution < -0.4 is 5.32 Å². The number of carbonyl (C=O) groups excluding carboxylic acids is 1. The minimum absolute atomic E-state index is 0.0242. The van der Waals surface area contributed by atoms with Gasteiger partial charge in [0.2, 0.25) is 0 Å². The number of aliphatic imine (C=N–C) groups is 1. The quantitative estimate of drug-likeness (QED) is 0.594. The lowest BCUT2D eigenvalue weighted by Gasteiger charge is -2.21. The summed E-state index contributed by atoms with van der Waals surface area (Å²) in [6.07, 6.45) is 2.43. The Morgan fingerprint density at radius 2 is 2.13 bits per heavy atom. The summed E-state index contributed by atoms with van der Waals surface area (Å²) in [4.78, 5) is 14.8. The molecule has 15 heavy (non-hydrogen) atoms. The summed E-state index contributed by atoms with van der Waals surface area (Å²) in [7, 11) is 0. The van der Waals surface area contributed by atoms with Crippen LogP contribution in [0.15, 0.2) is 35.3 Å². The minimum Gasteiger partial charge on any atom is -0.370 e. The Morgan fingerprint density at radius 1 is 1.40 bits per heavy atom. The van der Waals surface area contributed by atoms with Crippen molar-refractivity contribution >= 4 is 25.3 Å². The number of hydrogen-bond acceptors (Lipinski definition) is 4. The highest BCUT2D eigenvalue weighted by Gasteiger charge is 2.30. The lowest BCUT2D eigenvalue weighted by Crippen LogP contribution is -2.36. The summed E-state index contributed by atoms with van der Waals surface area (Å²) < 4.78 is 0. The summed E-state index contributed by atoms with van der Waals surface area (Å²) in [6.45, 7) is 0. The third-order valence-corrected chi connectivity index (χ3v) is 3.12. The molecule has 4 heteroatoms. The molecule has 1 aliphatic heterocycles. The number of carbonyl (C=O) groups is 1. The Balaban J connectivity index is 2.15. The maximum Gasteiger partial charge on any atom is 0.146 e. The van der Waals surface area contributed by atoms with Crippen molar-refractivity contribution < 1.29 is 4.79 Å². The van der Waals surface area contributed by atoms with Crippen LogP contribution in [0.1, 0.15) is 10.8 Å². The lowest BCUT2D eigenvalue weighted by molar-refractivity contribution is -0.109. The summed E-state index contributed by atoms with van der Waals surface area (Å²) in [6, 6.07) is 9.51. The molecule has 0 fully saturated rings. The van der Waals surface area contributed by atoms with E-state index in [1.54, 1.807) is 6.34 Å². The van der Waals surface area contributed by atoms with Gasteiger partial charge < -0.3 is 10.1 Å². The first-order valence-electron chi connectivity index (χ1n) is 4.79. The van der Waals surface area contributed by atoms with Crippen molar-refractivity contribution in [2.45, 2.75) is 17.3 Å². The molecule has 3 unspecified atom stereocenters. The summed E-state index contributed by atoms with van der Waals surface area (Å²) in [5, 5.41) is 3.03. The molecule has 0 radical (unpaired) electrons. The van der Waals surface area contributed by atoms with E-state index in [0.717, 1.165) is 11.8 Å². The fraction of sp³-hybridized carbons (Fsp3) is 0.273. The van der Waals surface area contributed by atoms with Crippen molar-refractivity contribution in [1.29, 1.82) is 0 Å². The fourth-order valence-electron chi connectivity index (χ4n) is 1.66. The summed E-state index contributed by atoms with van der Waals surface area (Å²) in [5.41, 5.74) is 1.09. The molecular weight excluding hydrogens is 208 g/mol. The van der Waals surface area contributed by atoms with E-state index < -0.39 is 0 Å². The van der Waals surface area contributed by atoms with Crippen LogP contribution in [0.3, 0.4) is 0 Å². The van der Waals surface area contributed by atoms with Gasteiger partial charge in [-0.25, -0.2) is 0 Å². The van der Waals surface area contributed by atoms with Gasteiger partial charge in [0.15, 0.2) is 0 Å². The van der Waals surface area contributed by atoms with Crippen LogP contribution in [-0.4, -0.2) is 24.7 Å². The largest absolute Gasteiger partial charge is 0.370 e. The van der Waals surface area contributed by atoms with Gasteiger partial charge in [0.05, 0.1) is 12.4 Å². The van der Waals surface area contributed by atoms with Crippen LogP contribution in [0.25, 0.3) is 0 Å². The average molecular weight is 220 g/mol. The van der Waals surface area contributed by atoms with E-state index in [0.29, 0.717) is 0 Å². The van der Waals surface area contributed by atoms with Crippen LogP contribution in [0, 0.1) is 0 Å². The monoisotopic (exact) mass is 220 g/mol. The van der Waals surface area contributed by atoms with Crippen LogP contribution in [0.4, 0.5) is 0 Å². The van der Waals surface area contributed by atoms with E-state index in [1.807, 2.05) is 30.3 Å². The van der Waals surface area contributed by atoms with Crippen molar-refractivity contribution in [2.24, 2.45) is 4.99 Å². The third kappa shape index (κ3) is 2.04. The van der Waals surface area contributed by atoms with Gasteiger partial charge in [0.1, 0.15) is 12.3 Å². The van der Waals surface area contributed by atoms with Crippen molar-refractivity contribution in [1.82, 2.24) is 5.32 Å². The highest BCUT2D eigenvalue weighted by atomic mass is 32.1. The molecule has 0 saturated heterocycles. The molecule has 0 bridgehead atoms. The van der Waals surface area contributed by atoms with E-state index in [2.05, 4.69) is 22.9 Å². The second-order valence-corrected chi connectivity index (χ2v) is 4.01. The van der Waals surface area contributed by atoms with E-state index in [-0.39, 0.29) is 17.3 Å². The van der Waals surface area contributed by atoms with Crippen LogP contribution in [-0.2, 0) is 4.79 Å². The zero-order valence-corrected chi connectivity index (χ0v) is 8.97. The lowest BCUT2D eigenvalue weighted by atomic mass is 10.0. The first-order valence-corrected chi connectivity index (χ1v) is 5.30. The molecule has 0 aromatic heterocycles. The molecule has 3 atom stereocenters. The van der Waals surface area contributed by atoms with Gasteiger partial charge >= 0.3 is 0 Å². The Morgan fingerprint density at radius 3 is 2.80 bits per heavy atom. The second-order valence-electron chi connectivity index (χ2n) is 3.45. The smallest absolute Gasteiger partial charge is 0.146 e. The Hall–Kier alpha value is -1.29. The Bertz CT molecular complexity index is 366. The number of thiol groups is 1. The van der Waals surface area contributed by atoms with Gasteiger partial charge in [0, 0.05) is 5.25 Å². The Labute approximate surface area is 94.0 Å². The summed E-state index contributed by atoms with van der Waals surface area (Å²) >= 11 is 4.53. The van der Waals surface area contributed by atoms with Gasteiger partial charge in [-0.1, -0.05) is 30.3 Å². The topological polar surface area (TPSA) is 41.5 Å². The number of benzene rings is 1. The molecule has 78 valence electrons.